The molecular formula is C23H27NO. The molecule has 130 valence electrons. The molecule has 3 aromatic rings. The van der Waals surface area contributed by atoms with Gasteiger partial charge >= 0.3 is 0 Å². The highest BCUT2D eigenvalue weighted by Gasteiger charge is 2.51. The van der Waals surface area contributed by atoms with Crippen molar-refractivity contribution in [2.75, 3.05) is 6.54 Å². The van der Waals surface area contributed by atoms with Crippen LogP contribution in [0.5, 0.6) is 0 Å². The monoisotopic (exact) mass is 333 g/mol. The van der Waals surface area contributed by atoms with Gasteiger partial charge in [0, 0.05) is 28.8 Å². The molecule has 3 saturated heterocycles. The van der Waals surface area contributed by atoms with Gasteiger partial charge < -0.3 is 4.42 Å². The topological polar surface area (TPSA) is 16.4 Å². The third-order valence-electron chi connectivity index (χ3n) is 7.13. The number of hydrogen-bond donors (Lipinski definition) is 0. The van der Waals surface area contributed by atoms with Gasteiger partial charge in [-0.25, -0.2) is 0 Å². The molecule has 2 nitrogen and oxygen atoms in total. The minimum Gasteiger partial charge on any atom is -0.456 e. The molecule has 3 fully saturated rings. The maximum Gasteiger partial charge on any atom is 0.135 e. The third kappa shape index (κ3) is 2.07. The van der Waals surface area contributed by atoms with Crippen molar-refractivity contribution in [1.82, 2.24) is 4.90 Å². The van der Waals surface area contributed by atoms with E-state index in [9.17, 15) is 0 Å². The van der Waals surface area contributed by atoms with E-state index in [0.717, 1.165) is 11.2 Å². The van der Waals surface area contributed by atoms with Crippen LogP contribution in [0.15, 0.2) is 40.8 Å². The lowest BCUT2D eigenvalue weighted by Crippen LogP contribution is -2.60. The second kappa shape index (κ2) is 5.11. The lowest BCUT2D eigenvalue weighted by molar-refractivity contribution is -0.0623. The summed E-state index contributed by atoms with van der Waals surface area (Å²) in [5, 5.41) is 2.52. The van der Waals surface area contributed by atoms with Crippen molar-refractivity contribution in [2.45, 2.75) is 58.5 Å². The summed E-state index contributed by atoms with van der Waals surface area (Å²) >= 11 is 0. The molecule has 0 saturated carbocycles. The summed E-state index contributed by atoms with van der Waals surface area (Å²) in [6, 6.07) is 14.4. The minimum absolute atomic E-state index is 0.408. The highest BCUT2D eigenvalue weighted by Crippen LogP contribution is 2.55. The van der Waals surface area contributed by atoms with Crippen LogP contribution in [-0.2, 0) is 0 Å². The van der Waals surface area contributed by atoms with Crippen LogP contribution < -0.4 is 0 Å². The molecule has 0 radical (unpaired) electrons. The zero-order valence-corrected chi connectivity index (χ0v) is 15.7. The van der Waals surface area contributed by atoms with Crippen molar-refractivity contribution < 1.29 is 4.42 Å². The molecule has 3 aliphatic heterocycles. The van der Waals surface area contributed by atoms with Crippen LogP contribution in [0, 0.1) is 12.3 Å². The highest BCUT2D eigenvalue weighted by molar-refractivity contribution is 6.05. The number of furan rings is 1. The Kier molecular flexibility index (Phi) is 3.16. The Morgan fingerprint density at radius 2 is 1.88 bits per heavy atom. The van der Waals surface area contributed by atoms with Crippen LogP contribution >= 0.6 is 0 Å². The fourth-order valence-electron chi connectivity index (χ4n) is 6.02. The Labute approximate surface area is 149 Å². The molecule has 3 aliphatic rings. The molecule has 6 rings (SSSR count). The van der Waals surface area contributed by atoms with Crippen molar-refractivity contribution in [3.63, 3.8) is 0 Å². The van der Waals surface area contributed by atoms with Crippen LogP contribution in [0.25, 0.3) is 21.9 Å². The van der Waals surface area contributed by atoms with Gasteiger partial charge in [0.2, 0.25) is 0 Å². The first kappa shape index (κ1) is 15.5. The zero-order valence-electron chi connectivity index (χ0n) is 15.7. The molecular weight excluding hydrogens is 306 g/mol. The molecule has 0 spiro atoms. The normalized spacial score (nSPS) is 34.9. The van der Waals surface area contributed by atoms with E-state index < -0.39 is 0 Å². The molecule has 1 aromatic heterocycles. The molecule has 0 amide bonds. The number of benzene rings is 2. The van der Waals surface area contributed by atoms with E-state index in [1.807, 2.05) is 0 Å². The maximum absolute atomic E-state index is 6.10. The molecule has 4 heterocycles. The van der Waals surface area contributed by atoms with Gasteiger partial charge in [0.1, 0.15) is 11.2 Å². The lowest BCUT2D eigenvalue weighted by atomic mass is 9.58. The van der Waals surface area contributed by atoms with E-state index in [0.29, 0.717) is 23.4 Å². The summed E-state index contributed by atoms with van der Waals surface area (Å²) in [6.45, 7) is 10.9. The zero-order chi connectivity index (χ0) is 17.3. The molecule has 0 aliphatic carbocycles. The van der Waals surface area contributed by atoms with E-state index in [4.69, 9.17) is 4.42 Å². The molecule has 5 atom stereocenters. The first-order valence-electron chi connectivity index (χ1n) is 9.65. The SMILES string of the molecule is Cc1cc2oc3ccccc3c2cc1C1C(C)N2CCC1(C)CC2C. The summed E-state index contributed by atoms with van der Waals surface area (Å²) in [5.74, 6) is 0.607. The number of hydrogen-bond acceptors (Lipinski definition) is 2. The number of rotatable bonds is 1. The second-order valence-electron chi connectivity index (χ2n) is 8.72. The van der Waals surface area contributed by atoms with Crippen LogP contribution in [0.4, 0.5) is 0 Å². The summed E-state index contributed by atoms with van der Waals surface area (Å²) in [7, 11) is 0. The van der Waals surface area contributed by atoms with Gasteiger partial charge in [0.05, 0.1) is 0 Å². The van der Waals surface area contributed by atoms with Gasteiger partial charge in [-0.2, -0.15) is 0 Å². The standard InChI is InChI=1S/C23H27NO/c1-14-11-21-19(17-7-5-6-8-20(17)25-21)12-18(14)22-16(3)24-10-9-23(22,4)13-15(24)2/h5-8,11-12,15-16,22H,9-10,13H2,1-4H3. The molecule has 2 aromatic carbocycles. The Bertz CT molecular complexity index is 971. The van der Waals surface area contributed by atoms with Crippen molar-refractivity contribution in [3.8, 4) is 0 Å². The van der Waals surface area contributed by atoms with E-state index in [1.165, 1.54) is 41.3 Å². The summed E-state index contributed by atoms with van der Waals surface area (Å²) < 4.78 is 6.10. The van der Waals surface area contributed by atoms with E-state index in [2.05, 4.69) is 69.0 Å². The Morgan fingerprint density at radius 1 is 1.08 bits per heavy atom. The first-order chi connectivity index (χ1) is 12.0. The summed E-state index contributed by atoms with van der Waals surface area (Å²) in [6.07, 6.45) is 2.63. The number of piperidine rings is 3. The van der Waals surface area contributed by atoms with Gasteiger partial charge in [0.25, 0.3) is 0 Å². The average Bonchev–Trinajstić information content (AvgIpc) is 2.91. The molecule has 2 heteroatoms. The van der Waals surface area contributed by atoms with Crippen molar-refractivity contribution in [3.05, 3.63) is 47.5 Å². The smallest absolute Gasteiger partial charge is 0.135 e. The lowest BCUT2D eigenvalue weighted by Gasteiger charge is -2.59. The minimum atomic E-state index is 0.408. The molecule has 5 unspecified atom stereocenters. The number of aryl methyl sites for hydroxylation is 1. The largest absolute Gasteiger partial charge is 0.456 e. The van der Waals surface area contributed by atoms with Gasteiger partial charge in [-0.1, -0.05) is 25.1 Å². The molecule has 0 N–H and O–H groups in total. The Morgan fingerprint density at radius 3 is 2.64 bits per heavy atom. The van der Waals surface area contributed by atoms with Crippen LogP contribution in [0.3, 0.4) is 0 Å². The van der Waals surface area contributed by atoms with Crippen molar-refractivity contribution in [2.24, 2.45) is 5.41 Å². The second-order valence-corrected chi connectivity index (χ2v) is 8.72. The third-order valence-corrected chi connectivity index (χ3v) is 7.13. The van der Waals surface area contributed by atoms with Gasteiger partial charge in [-0.3, -0.25) is 4.90 Å². The van der Waals surface area contributed by atoms with Gasteiger partial charge in [0.15, 0.2) is 0 Å². The average molecular weight is 333 g/mol. The quantitative estimate of drug-likeness (QED) is 0.553. The molecule has 25 heavy (non-hydrogen) atoms. The van der Waals surface area contributed by atoms with Gasteiger partial charge in [-0.15, -0.1) is 0 Å². The van der Waals surface area contributed by atoms with E-state index >= 15 is 0 Å². The summed E-state index contributed by atoms with van der Waals surface area (Å²) in [5.41, 5.74) is 5.34. The highest BCUT2D eigenvalue weighted by atomic mass is 16.3. The van der Waals surface area contributed by atoms with Crippen LogP contribution in [0.2, 0.25) is 0 Å². The fourth-order valence-corrected chi connectivity index (χ4v) is 6.02. The van der Waals surface area contributed by atoms with Crippen LogP contribution in [-0.4, -0.2) is 23.5 Å². The van der Waals surface area contributed by atoms with Gasteiger partial charge in [-0.05, 0) is 74.9 Å². The maximum atomic E-state index is 6.10. The number of nitrogens with zero attached hydrogens (tertiary/aromatic N) is 1. The number of para-hydroxylation sites is 1. The Hall–Kier alpha value is -1.80. The predicted octanol–water partition coefficient (Wildman–Crippen LogP) is 5.87. The van der Waals surface area contributed by atoms with Crippen molar-refractivity contribution >= 4 is 21.9 Å². The number of fused-ring (bicyclic) bond motifs is 6. The Balaban J connectivity index is 1.72. The predicted molar refractivity (Wildman–Crippen MR) is 104 cm³/mol. The summed E-state index contributed by atoms with van der Waals surface area (Å²) in [4.78, 5) is 2.73. The first-order valence-corrected chi connectivity index (χ1v) is 9.65. The molecule has 2 bridgehead atoms. The van der Waals surface area contributed by atoms with E-state index in [-0.39, 0.29) is 0 Å². The van der Waals surface area contributed by atoms with Crippen molar-refractivity contribution in [1.29, 1.82) is 0 Å². The van der Waals surface area contributed by atoms with E-state index in [1.54, 1.807) is 0 Å². The fraction of sp³-hybridized carbons (Fsp3) is 0.478. The van der Waals surface area contributed by atoms with Crippen LogP contribution in [0.1, 0.15) is 50.7 Å².